The second-order valence-corrected chi connectivity index (χ2v) is 7.64. The van der Waals surface area contributed by atoms with Crippen LogP contribution >= 0.6 is 39.1 Å². The van der Waals surface area contributed by atoms with Crippen molar-refractivity contribution < 1.29 is 14.5 Å². The highest BCUT2D eigenvalue weighted by Crippen LogP contribution is 2.28. The van der Waals surface area contributed by atoms with E-state index in [0.29, 0.717) is 15.1 Å². The van der Waals surface area contributed by atoms with Crippen LogP contribution in [0.25, 0.3) is 0 Å². The number of halogens is 3. The number of hydrazine groups is 2. The molecule has 11 nitrogen and oxygen atoms in total. The van der Waals surface area contributed by atoms with E-state index in [2.05, 4.69) is 47.6 Å². The molecule has 0 spiro atoms. The van der Waals surface area contributed by atoms with E-state index < -0.39 is 22.4 Å². The summed E-state index contributed by atoms with van der Waals surface area (Å²) in [5, 5.41) is 12.0. The van der Waals surface area contributed by atoms with E-state index in [-0.39, 0.29) is 22.2 Å². The highest BCUT2D eigenvalue weighted by Gasteiger charge is 2.24. The van der Waals surface area contributed by atoms with E-state index in [4.69, 9.17) is 23.2 Å². The molecule has 0 saturated heterocycles. The number of rotatable bonds is 7. The van der Waals surface area contributed by atoms with Gasteiger partial charge in [0.25, 0.3) is 11.8 Å². The Morgan fingerprint density at radius 3 is 2.09 bits per heavy atom. The molecule has 0 bridgehead atoms. The highest BCUT2D eigenvalue weighted by atomic mass is 79.9. The summed E-state index contributed by atoms with van der Waals surface area (Å²) < 4.78 is 0.530. The van der Waals surface area contributed by atoms with Crippen molar-refractivity contribution in [1.82, 2.24) is 20.8 Å². The number of nitrogens with zero attached hydrogens (tertiary/aromatic N) is 3. The third kappa shape index (κ3) is 5.41. The van der Waals surface area contributed by atoms with Crippen LogP contribution in [0.5, 0.6) is 0 Å². The minimum Gasteiger partial charge on any atom is -0.276 e. The van der Waals surface area contributed by atoms with Crippen molar-refractivity contribution in [3.63, 3.8) is 0 Å². The molecule has 0 saturated carbocycles. The summed E-state index contributed by atoms with van der Waals surface area (Å²) in [4.78, 5) is 43.0. The van der Waals surface area contributed by atoms with Crippen LogP contribution in [0, 0.1) is 10.1 Å². The van der Waals surface area contributed by atoms with E-state index in [1.807, 2.05) is 0 Å². The molecule has 0 aliphatic carbocycles. The van der Waals surface area contributed by atoms with Crippen molar-refractivity contribution in [2.75, 3.05) is 10.9 Å². The number of hydrogen-bond donors (Lipinski definition) is 4. The first kappa shape index (κ1) is 23.2. The fraction of sp³-hybridized carbons (Fsp3) is 0. The minimum absolute atomic E-state index is 0.0827. The lowest BCUT2D eigenvalue weighted by atomic mass is 10.2. The number of nitrogens with one attached hydrogen (secondary N) is 4. The van der Waals surface area contributed by atoms with Gasteiger partial charge in [-0.2, -0.15) is 0 Å². The first-order valence-electron chi connectivity index (χ1n) is 8.59. The van der Waals surface area contributed by atoms with Gasteiger partial charge in [-0.3, -0.25) is 41.4 Å². The Morgan fingerprint density at radius 1 is 0.938 bits per heavy atom. The molecule has 3 rings (SSSR count). The summed E-state index contributed by atoms with van der Waals surface area (Å²) >= 11 is 15.0. The maximum absolute atomic E-state index is 12.3. The second-order valence-electron chi connectivity index (χ2n) is 5.94. The Hall–Kier alpha value is -3.48. The van der Waals surface area contributed by atoms with Gasteiger partial charge < -0.3 is 0 Å². The van der Waals surface area contributed by atoms with Crippen LogP contribution in [0.15, 0.2) is 53.3 Å². The van der Waals surface area contributed by atoms with Gasteiger partial charge in [-0.05, 0) is 46.3 Å². The summed E-state index contributed by atoms with van der Waals surface area (Å²) in [6.45, 7) is 0. The molecule has 3 aromatic rings. The fourth-order valence-electron chi connectivity index (χ4n) is 2.42. The molecule has 14 heteroatoms. The molecule has 2 amide bonds. The average molecular weight is 541 g/mol. The van der Waals surface area contributed by atoms with Crippen LogP contribution in [0.1, 0.15) is 20.7 Å². The number of carbonyl (C=O) groups is 2. The van der Waals surface area contributed by atoms with Gasteiger partial charge in [0.2, 0.25) is 11.6 Å². The number of amides is 2. The molecule has 4 N–H and O–H groups in total. The van der Waals surface area contributed by atoms with Crippen LogP contribution < -0.4 is 21.7 Å². The largest absolute Gasteiger partial charge is 0.356 e. The molecule has 1 aromatic heterocycles. The van der Waals surface area contributed by atoms with Crippen molar-refractivity contribution in [2.24, 2.45) is 0 Å². The monoisotopic (exact) mass is 539 g/mol. The molecule has 0 fully saturated rings. The molecule has 2 aromatic carbocycles. The summed E-state index contributed by atoms with van der Waals surface area (Å²) in [7, 11) is 0. The fourth-order valence-corrected chi connectivity index (χ4v) is 3.38. The SMILES string of the molecule is O=C(NNc1ncnc(NNC(=O)c2ccccc2Br)c1[N+](=O)[O-])c1ccc(Cl)cc1Cl. The Bertz CT molecular complexity index is 1210. The quantitative estimate of drug-likeness (QED) is 0.259. The van der Waals surface area contributed by atoms with Crippen molar-refractivity contribution >= 4 is 68.3 Å². The first-order chi connectivity index (χ1) is 15.3. The molecule has 0 unspecified atom stereocenters. The van der Waals surface area contributed by atoms with Gasteiger partial charge in [-0.15, -0.1) is 0 Å². The smallest absolute Gasteiger partial charge is 0.276 e. The number of aromatic nitrogens is 2. The minimum atomic E-state index is -0.781. The Balaban J connectivity index is 1.76. The van der Waals surface area contributed by atoms with E-state index in [9.17, 15) is 19.7 Å². The molecule has 32 heavy (non-hydrogen) atoms. The molecule has 164 valence electrons. The van der Waals surface area contributed by atoms with Gasteiger partial charge in [0.15, 0.2) is 0 Å². The van der Waals surface area contributed by atoms with Gasteiger partial charge in [-0.1, -0.05) is 35.3 Å². The Kier molecular flexibility index (Phi) is 7.41. The molecule has 0 radical (unpaired) electrons. The van der Waals surface area contributed by atoms with Gasteiger partial charge in [0, 0.05) is 9.50 Å². The molecule has 0 aliphatic heterocycles. The third-order valence-corrected chi connectivity index (χ3v) is 5.13. The number of anilines is 2. The van der Waals surface area contributed by atoms with Crippen molar-refractivity contribution in [3.05, 3.63) is 84.6 Å². The lowest BCUT2D eigenvalue weighted by Crippen LogP contribution is -2.32. The predicted octanol–water partition coefficient (Wildman–Crippen LogP) is 3.97. The first-order valence-corrected chi connectivity index (χ1v) is 10.1. The van der Waals surface area contributed by atoms with Crippen molar-refractivity contribution in [3.8, 4) is 0 Å². The van der Waals surface area contributed by atoms with Crippen LogP contribution in [0.3, 0.4) is 0 Å². The summed E-state index contributed by atoms with van der Waals surface area (Å²) in [5.74, 6) is -1.89. The maximum Gasteiger partial charge on any atom is 0.356 e. The third-order valence-electron chi connectivity index (χ3n) is 3.89. The van der Waals surface area contributed by atoms with Gasteiger partial charge >= 0.3 is 5.69 Å². The Morgan fingerprint density at radius 2 is 1.53 bits per heavy atom. The number of benzene rings is 2. The summed E-state index contributed by atoms with van der Waals surface area (Å²) in [6.07, 6.45) is 1.00. The maximum atomic E-state index is 12.3. The second kappa shape index (κ2) is 10.2. The van der Waals surface area contributed by atoms with Crippen LogP contribution in [0.4, 0.5) is 17.3 Å². The van der Waals surface area contributed by atoms with Crippen LogP contribution in [-0.2, 0) is 0 Å². The zero-order valence-corrected chi connectivity index (χ0v) is 18.8. The molecule has 0 aliphatic rings. The predicted molar refractivity (Wildman–Crippen MR) is 121 cm³/mol. The zero-order chi connectivity index (χ0) is 23.3. The van der Waals surface area contributed by atoms with Gasteiger partial charge in [-0.25, -0.2) is 9.97 Å². The lowest BCUT2D eigenvalue weighted by Gasteiger charge is -2.12. The number of carbonyl (C=O) groups excluding carboxylic acids is 2. The van der Waals surface area contributed by atoms with Crippen LogP contribution in [0.2, 0.25) is 10.0 Å². The number of hydrogen-bond acceptors (Lipinski definition) is 8. The van der Waals surface area contributed by atoms with Crippen molar-refractivity contribution in [2.45, 2.75) is 0 Å². The van der Waals surface area contributed by atoms with Crippen LogP contribution in [-0.4, -0.2) is 26.7 Å². The standard InChI is InChI=1S/C18H12BrCl2N7O4/c19-12-4-2-1-3-10(12)17(29)26-24-15-14(28(31)32)16(23-8-22-15)25-27-18(30)11-6-5-9(20)7-13(11)21/h1-8H,(H,26,29)(H,27,30)(H2,22,23,24,25). The highest BCUT2D eigenvalue weighted by molar-refractivity contribution is 9.10. The van der Waals surface area contributed by atoms with E-state index in [0.717, 1.165) is 6.33 Å². The molecular weight excluding hydrogens is 529 g/mol. The Labute approximate surface area is 198 Å². The summed E-state index contributed by atoms with van der Waals surface area (Å²) in [6, 6.07) is 10.8. The number of nitro groups is 1. The molecule has 1 heterocycles. The van der Waals surface area contributed by atoms with E-state index in [1.165, 1.54) is 18.2 Å². The molecule has 0 atom stereocenters. The molecular formula is C18H12BrCl2N7O4. The van der Waals surface area contributed by atoms with Crippen molar-refractivity contribution in [1.29, 1.82) is 0 Å². The van der Waals surface area contributed by atoms with E-state index in [1.54, 1.807) is 24.3 Å². The van der Waals surface area contributed by atoms with Gasteiger partial charge in [0.05, 0.1) is 21.1 Å². The lowest BCUT2D eigenvalue weighted by molar-refractivity contribution is -0.383. The van der Waals surface area contributed by atoms with E-state index >= 15 is 0 Å². The zero-order valence-electron chi connectivity index (χ0n) is 15.7. The topological polar surface area (TPSA) is 151 Å². The summed E-state index contributed by atoms with van der Waals surface area (Å²) in [5.41, 5.74) is 9.09. The van der Waals surface area contributed by atoms with Gasteiger partial charge in [0.1, 0.15) is 6.33 Å². The normalized spacial score (nSPS) is 10.2. The average Bonchev–Trinajstić information content (AvgIpc) is 2.75.